The maximum Gasteiger partial charge on any atom is 0.151 e. The zero-order valence-corrected chi connectivity index (χ0v) is 9.69. The number of aromatic nitrogens is 3. The van der Waals surface area contributed by atoms with Crippen LogP contribution in [-0.2, 0) is 13.5 Å². The van der Waals surface area contributed by atoms with E-state index in [9.17, 15) is 5.11 Å². The van der Waals surface area contributed by atoms with E-state index in [0.717, 1.165) is 25.2 Å². The molecule has 0 aliphatic rings. The Bertz CT molecular complexity index is 295. The summed E-state index contributed by atoms with van der Waals surface area (Å²) >= 11 is 0. The monoisotopic (exact) mass is 212 g/mol. The third kappa shape index (κ3) is 4.40. The van der Waals surface area contributed by atoms with Crippen LogP contribution in [0.15, 0.2) is 6.33 Å². The van der Waals surface area contributed by atoms with Crippen molar-refractivity contribution < 1.29 is 5.11 Å². The van der Waals surface area contributed by atoms with Crippen LogP contribution in [-0.4, -0.2) is 38.6 Å². The first kappa shape index (κ1) is 12.1. The fourth-order valence-electron chi connectivity index (χ4n) is 1.18. The van der Waals surface area contributed by atoms with Gasteiger partial charge in [0.2, 0.25) is 0 Å². The van der Waals surface area contributed by atoms with Crippen LogP contribution < -0.4 is 5.32 Å². The summed E-state index contributed by atoms with van der Waals surface area (Å²) in [6, 6.07) is 0. The zero-order valence-electron chi connectivity index (χ0n) is 9.69. The lowest BCUT2D eigenvalue weighted by molar-refractivity contribution is 0.0561. The first-order chi connectivity index (χ1) is 7.03. The number of nitrogens with zero attached hydrogens (tertiary/aromatic N) is 3. The van der Waals surface area contributed by atoms with Crippen LogP contribution in [0.5, 0.6) is 0 Å². The average Bonchev–Trinajstić information content (AvgIpc) is 2.59. The van der Waals surface area contributed by atoms with E-state index in [1.165, 1.54) is 0 Å². The fraction of sp³-hybridized carbons (Fsp3) is 0.800. The van der Waals surface area contributed by atoms with Crippen molar-refractivity contribution >= 4 is 0 Å². The van der Waals surface area contributed by atoms with Crippen molar-refractivity contribution in [1.29, 1.82) is 0 Å². The van der Waals surface area contributed by atoms with Gasteiger partial charge in [0.15, 0.2) is 5.82 Å². The Morgan fingerprint density at radius 2 is 2.33 bits per heavy atom. The molecular formula is C10H20N4O. The molecule has 0 saturated heterocycles. The molecule has 1 atom stereocenters. The highest BCUT2D eigenvalue weighted by atomic mass is 16.3. The van der Waals surface area contributed by atoms with Crippen molar-refractivity contribution in [1.82, 2.24) is 20.1 Å². The summed E-state index contributed by atoms with van der Waals surface area (Å²) < 4.78 is 1.69. The van der Waals surface area contributed by atoms with Gasteiger partial charge in [-0.05, 0) is 13.3 Å². The highest BCUT2D eigenvalue weighted by Gasteiger charge is 2.16. The van der Waals surface area contributed by atoms with Crippen molar-refractivity contribution in [2.45, 2.75) is 32.3 Å². The van der Waals surface area contributed by atoms with Gasteiger partial charge < -0.3 is 10.4 Å². The lowest BCUT2D eigenvalue weighted by Gasteiger charge is -2.21. The van der Waals surface area contributed by atoms with E-state index >= 15 is 0 Å². The SMILES string of the molecule is CCC(C)(O)CNCCc1ncn(C)n1. The summed E-state index contributed by atoms with van der Waals surface area (Å²) in [5.74, 6) is 0.834. The van der Waals surface area contributed by atoms with Crippen LogP contribution in [0.3, 0.4) is 0 Å². The van der Waals surface area contributed by atoms with Crippen LogP contribution in [0.2, 0.25) is 0 Å². The third-order valence-corrected chi connectivity index (χ3v) is 2.44. The molecule has 1 heterocycles. The normalized spacial score (nSPS) is 15.2. The highest BCUT2D eigenvalue weighted by molar-refractivity contribution is 4.83. The maximum atomic E-state index is 9.73. The van der Waals surface area contributed by atoms with Crippen molar-refractivity contribution in [3.8, 4) is 0 Å². The minimum absolute atomic E-state index is 0.607. The molecule has 15 heavy (non-hydrogen) atoms. The van der Waals surface area contributed by atoms with Crippen molar-refractivity contribution in [3.63, 3.8) is 0 Å². The predicted octanol–water partition coefficient (Wildman–Crippen LogP) is 0.108. The first-order valence-electron chi connectivity index (χ1n) is 5.31. The van der Waals surface area contributed by atoms with Gasteiger partial charge in [-0.3, -0.25) is 4.68 Å². The summed E-state index contributed by atoms with van der Waals surface area (Å²) in [6.07, 6.45) is 3.24. The summed E-state index contributed by atoms with van der Waals surface area (Å²) in [5, 5.41) is 17.1. The number of rotatable bonds is 6. The van der Waals surface area contributed by atoms with E-state index in [1.54, 1.807) is 11.0 Å². The molecule has 0 bridgehead atoms. The molecule has 1 rings (SSSR count). The molecule has 1 aromatic rings. The van der Waals surface area contributed by atoms with Crippen LogP contribution in [0.25, 0.3) is 0 Å². The van der Waals surface area contributed by atoms with Gasteiger partial charge in [-0.25, -0.2) is 4.98 Å². The Labute approximate surface area is 90.5 Å². The maximum absolute atomic E-state index is 9.73. The highest BCUT2D eigenvalue weighted by Crippen LogP contribution is 2.05. The van der Waals surface area contributed by atoms with E-state index < -0.39 is 5.60 Å². The second-order valence-electron chi connectivity index (χ2n) is 4.11. The van der Waals surface area contributed by atoms with Gasteiger partial charge in [-0.2, -0.15) is 5.10 Å². The molecule has 0 aromatic carbocycles. The van der Waals surface area contributed by atoms with E-state index in [-0.39, 0.29) is 0 Å². The molecule has 0 fully saturated rings. The molecule has 0 spiro atoms. The van der Waals surface area contributed by atoms with Crippen LogP contribution in [0.1, 0.15) is 26.1 Å². The molecule has 0 amide bonds. The van der Waals surface area contributed by atoms with Gasteiger partial charge in [0.25, 0.3) is 0 Å². The minimum atomic E-state index is -0.614. The largest absolute Gasteiger partial charge is 0.389 e. The lowest BCUT2D eigenvalue weighted by atomic mass is 10.0. The minimum Gasteiger partial charge on any atom is -0.389 e. The number of hydrogen-bond donors (Lipinski definition) is 2. The topological polar surface area (TPSA) is 63.0 Å². The molecule has 5 nitrogen and oxygen atoms in total. The van der Waals surface area contributed by atoms with Crippen molar-refractivity contribution in [3.05, 3.63) is 12.2 Å². The molecule has 0 saturated carbocycles. The Kier molecular flexibility index (Phi) is 4.23. The molecule has 1 aromatic heterocycles. The van der Waals surface area contributed by atoms with Crippen LogP contribution in [0.4, 0.5) is 0 Å². The van der Waals surface area contributed by atoms with Gasteiger partial charge >= 0.3 is 0 Å². The van der Waals surface area contributed by atoms with Crippen molar-refractivity contribution in [2.24, 2.45) is 7.05 Å². The smallest absolute Gasteiger partial charge is 0.151 e. The van der Waals surface area contributed by atoms with Gasteiger partial charge in [0, 0.05) is 26.6 Å². The summed E-state index contributed by atoms with van der Waals surface area (Å²) in [7, 11) is 1.85. The van der Waals surface area contributed by atoms with E-state index in [0.29, 0.717) is 6.54 Å². The Morgan fingerprint density at radius 3 is 2.87 bits per heavy atom. The number of aliphatic hydroxyl groups is 1. The Hall–Kier alpha value is -0.940. The standard InChI is InChI=1S/C10H20N4O/c1-4-10(2,15)7-11-6-5-9-12-8-14(3)13-9/h8,11,15H,4-7H2,1-3H3. The van der Waals surface area contributed by atoms with E-state index in [2.05, 4.69) is 15.4 Å². The van der Waals surface area contributed by atoms with Gasteiger partial charge in [-0.15, -0.1) is 0 Å². The lowest BCUT2D eigenvalue weighted by Crippen LogP contribution is -2.37. The van der Waals surface area contributed by atoms with E-state index in [1.807, 2.05) is 20.9 Å². The predicted molar refractivity (Wildman–Crippen MR) is 58.5 cm³/mol. The fourth-order valence-corrected chi connectivity index (χ4v) is 1.18. The summed E-state index contributed by atoms with van der Waals surface area (Å²) in [5.41, 5.74) is -0.614. The molecule has 0 aliphatic carbocycles. The Morgan fingerprint density at radius 1 is 1.60 bits per heavy atom. The molecule has 0 aliphatic heterocycles. The van der Waals surface area contributed by atoms with Gasteiger partial charge in [0.05, 0.1) is 5.60 Å². The van der Waals surface area contributed by atoms with E-state index in [4.69, 9.17) is 0 Å². The average molecular weight is 212 g/mol. The molecule has 5 heteroatoms. The quantitative estimate of drug-likeness (QED) is 0.657. The summed E-state index contributed by atoms with van der Waals surface area (Å²) in [6.45, 7) is 5.21. The van der Waals surface area contributed by atoms with Crippen LogP contribution in [0, 0.1) is 0 Å². The third-order valence-electron chi connectivity index (χ3n) is 2.44. The second kappa shape index (κ2) is 5.23. The molecular weight excluding hydrogens is 192 g/mol. The Balaban J connectivity index is 2.17. The molecule has 86 valence electrons. The van der Waals surface area contributed by atoms with Crippen molar-refractivity contribution in [2.75, 3.05) is 13.1 Å². The number of hydrogen-bond acceptors (Lipinski definition) is 4. The van der Waals surface area contributed by atoms with Crippen LogP contribution >= 0.6 is 0 Å². The van der Waals surface area contributed by atoms with Gasteiger partial charge in [0.1, 0.15) is 6.33 Å². The number of nitrogens with one attached hydrogen (secondary N) is 1. The summed E-state index contributed by atoms with van der Waals surface area (Å²) in [4.78, 5) is 4.12. The number of aryl methyl sites for hydroxylation is 1. The second-order valence-corrected chi connectivity index (χ2v) is 4.11. The first-order valence-corrected chi connectivity index (χ1v) is 5.31. The molecule has 1 unspecified atom stereocenters. The molecule has 0 radical (unpaired) electrons. The molecule has 2 N–H and O–H groups in total. The van der Waals surface area contributed by atoms with Gasteiger partial charge in [-0.1, -0.05) is 6.92 Å². The zero-order chi connectivity index (χ0) is 11.3.